The average molecular weight is 569 g/mol. The van der Waals surface area contributed by atoms with Crippen molar-refractivity contribution in [2.75, 3.05) is 44.7 Å². The summed E-state index contributed by atoms with van der Waals surface area (Å²) in [6.07, 6.45) is 8.46. The molecular weight excluding hydrogens is 531 g/mol. The zero-order chi connectivity index (χ0) is 22.2. The first-order valence-electron chi connectivity index (χ1n) is 11.8. The predicted octanol–water partition coefficient (Wildman–Crippen LogP) is 3.88. The number of rotatable bonds is 7. The quantitative estimate of drug-likeness (QED) is 0.229. The first kappa shape index (κ1) is 25.6. The Morgan fingerprint density at radius 1 is 1.18 bits per heavy atom. The molecule has 1 aromatic heterocycles. The monoisotopic (exact) mass is 568 g/mol. The van der Waals surface area contributed by atoms with Gasteiger partial charge in [0.15, 0.2) is 17.5 Å². The van der Waals surface area contributed by atoms with E-state index in [1.54, 1.807) is 4.68 Å². The molecule has 2 aliphatic heterocycles. The lowest BCUT2D eigenvalue weighted by Crippen LogP contribution is -2.36. The standard InChI is InChI=1S/C24H36N6O2.HI/c1-19-7-11-30(12-8-19)10-3-9-25-24(26-16-20-17-27-29(2)18-20)28-21-5-6-22-23(15-21)32-14-4-13-31-22;/h5-6,15,17-19H,3-4,7-14,16H2,1-2H3,(H2,25,26,28);1H. The summed E-state index contributed by atoms with van der Waals surface area (Å²) in [7, 11) is 1.92. The maximum Gasteiger partial charge on any atom is 0.196 e. The molecule has 2 aliphatic rings. The van der Waals surface area contributed by atoms with E-state index >= 15 is 0 Å². The van der Waals surface area contributed by atoms with Gasteiger partial charge in [0.2, 0.25) is 0 Å². The minimum Gasteiger partial charge on any atom is -0.490 e. The smallest absolute Gasteiger partial charge is 0.196 e. The maximum atomic E-state index is 5.83. The van der Waals surface area contributed by atoms with Gasteiger partial charge in [-0.3, -0.25) is 4.68 Å². The Hall–Kier alpha value is -2.01. The van der Waals surface area contributed by atoms with Gasteiger partial charge < -0.3 is 25.0 Å². The number of likely N-dealkylation sites (tertiary alicyclic amines) is 1. The molecule has 0 atom stereocenters. The van der Waals surface area contributed by atoms with E-state index in [0.29, 0.717) is 19.8 Å². The minimum atomic E-state index is 0. The SMILES string of the molecule is CC1CCN(CCCNC(=NCc2cnn(C)c2)Nc2ccc3c(c2)OCCCO3)CC1.I. The summed E-state index contributed by atoms with van der Waals surface area (Å²) < 4.78 is 13.4. The number of nitrogens with one attached hydrogen (secondary N) is 2. The van der Waals surface area contributed by atoms with Crippen LogP contribution in [-0.4, -0.2) is 60.0 Å². The number of aliphatic imine (C=N–C) groups is 1. The van der Waals surface area contributed by atoms with Crippen molar-refractivity contribution in [3.63, 3.8) is 0 Å². The number of ether oxygens (including phenoxy) is 2. The van der Waals surface area contributed by atoms with Crippen LogP contribution in [0.3, 0.4) is 0 Å². The lowest BCUT2D eigenvalue weighted by atomic mass is 9.99. The third-order valence-corrected chi connectivity index (χ3v) is 6.01. The number of halogens is 1. The van der Waals surface area contributed by atoms with Gasteiger partial charge in [0.05, 0.1) is 26.0 Å². The fraction of sp³-hybridized carbons (Fsp3) is 0.583. The minimum absolute atomic E-state index is 0. The number of aromatic nitrogens is 2. The van der Waals surface area contributed by atoms with Crippen LogP contribution in [0.25, 0.3) is 0 Å². The van der Waals surface area contributed by atoms with Gasteiger partial charge in [-0.15, -0.1) is 24.0 Å². The Bertz CT molecular complexity index is 895. The Balaban J connectivity index is 0.00000306. The molecule has 0 amide bonds. The fourth-order valence-electron chi connectivity index (χ4n) is 4.04. The third kappa shape index (κ3) is 8.06. The molecule has 8 nitrogen and oxygen atoms in total. The van der Waals surface area contributed by atoms with Crippen LogP contribution in [0.4, 0.5) is 5.69 Å². The number of fused-ring (bicyclic) bond motifs is 1. The highest BCUT2D eigenvalue weighted by Gasteiger charge is 2.15. The molecule has 1 saturated heterocycles. The van der Waals surface area contributed by atoms with E-state index in [1.165, 1.54) is 25.9 Å². The van der Waals surface area contributed by atoms with Crippen LogP contribution < -0.4 is 20.1 Å². The van der Waals surface area contributed by atoms with Crippen molar-refractivity contribution < 1.29 is 9.47 Å². The van der Waals surface area contributed by atoms with Crippen molar-refractivity contribution in [3.8, 4) is 11.5 Å². The summed E-state index contributed by atoms with van der Waals surface area (Å²) in [5.74, 6) is 3.20. The highest BCUT2D eigenvalue weighted by molar-refractivity contribution is 14.0. The van der Waals surface area contributed by atoms with Gasteiger partial charge in [-0.05, 0) is 56.9 Å². The van der Waals surface area contributed by atoms with Crippen molar-refractivity contribution in [3.05, 3.63) is 36.2 Å². The lowest BCUT2D eigenvalue weighted by molar-refractivity contribution is 0.191. The number of anilines is 1. The lowest BCUT2D eigenvalue weighted by Gasteiger charge is -2.30. The second-order valence-electron chi connectivity index (χ2n) is 8.83. The van der Waals surface area contributed by atoms with E-state index in [9.17, 15) is 0 Å². The van der Waals surface area contributed by atoms with Gasteiger partial charge in [0, 0.05) is 43.5 Å². The van der Waals surface area contributed by atoms with Crippen molar-refractivity contribution in [1.82, 2.24) is 20.0 Å². The Labute approximate surface area is 214 Å². The van der Waals surface area contributed by atoms with Crippen molar-refractivity contribution >= 4 is 35.6 Å². The summed E-state index contributed by atoms with van der Waals surface area (Å²) in [4.78, 5) is 7.36. The van der Waals surface area contributed by atoms with E-state index < -0.39 is 0 Å². The second-order valence-corrected chi connectivity index (χ2v) is 8.83. The molecule has 33 heavy (non-hydrogen) atoms. The molecule has 2 N–H and O–H groups in total. The highest BCUT2D eigenvalue weighted by atomic mass is 127. The molecule has 0 aliphatic carbocycles. The van der Waals surface area contributed by atoms with E-state index in [4.69, 9.17) is 14.5 Å². The summed E-state index contributed by atoms with van der Waals surface area (Å²) in [5, 5.41) is 11.2. The van der Waals surface area contributed by atoms with E-state index in [-0.39, 0.29) is 24.0 Å². The zero-order valence-corrected chi connectivity index (χ0v) is 22.1. The Morgan fingerprint density at radius 2 is 1.97 bits per heavy atom. The van der Waals surface area contributed by atoms with E-state index in [1.807, 2.05) is 37.6 Å². The van der Waals surface area contributed by atoms with Gasteiger partial charge in [-0.25, -0.2) is 4.99 Å². The van der Waals surface area contributed by atoms with Gasteiger partial charge in [0.25, 0.3) is 0 Å². The number of benzene rings is 1. The average Bonchev–Trinajstić information content (AvgIpc) is 3.07. The highest BCUT2D eigenvalue weighted by Crippen LogP contribution is 2.32. The normalized spacial score (nSPS) is 17.2. The van der Waals surface area contributed by atoms with Crippen LogP contribution >= 0.6 is 24.0 Å². The summed E-state index contributed by atoms with van der Waals surface area (Å²) >= 11 is 0. The molecule has 9 heteroatoms. The first-order valence-corrected chi connectivity index (χ1v) is 11.8. The van der Waals surface area contributed by atoms with Gasteiger partial charge >= 0.3 is 0 Å². The fourth-order valence-corrected chi connectivity index (χ4v) is 4.04. The molecule has 3 heterocycles. The number of hydrogen-bond acceptors (Lipinski definition) is 5. The molecule has 1 aromatic carbocycles. The van der Waals surface area contributed by atoms with Crippen molar-refractivity contribution in [2.45, 2.75) is 39.2 Å². The van der Waals surface area contributed by atoms with Gasteiger partial charge in [0.1, 0.15) is 0 Å². The molecule has 1 fully saturated rings. The van der Waals surface area contributed by atoms with E-state index in [0.717, 1.165) is 60.6 Å². The van der Waals surface area contributed by atoms with Crippen molar-refractivity contribution in [1.29, 1.82) is 0 Å². The van der Waals surface area contributed by atoms with Crippen molar-refractivity contribution in [2.24, 2.45) is 18.0 Å². The van der Waals surface area contributed by atoms with Crippen LogP contribution in [0, 0.1) is 5.92 Å². The predicted molar refractivity (Wildman–Crippen MR) is 143 cm³/mol. The van der Waals surface area contributed by atoms with Crippen LogP contribution in [-0.2, 0) is 13.6 Å². The number of nitrogens with zero attached hydrogens (tertiary/aromatic N) is 4. The first-order chi connectivity index (χ1) is 15.7. The number of piperidine rings is 1. The third-order valence-electron chi connectivity index (χ3n) is 6.01. The van der Waals surface area contributed by atoms with Crippen LogP contribution in [0.2, 0.25) is 0 Å². The molecule has 2 aromatic rings. The second kappa shape index (κ2) is 13.0. The number of hydrogen-bond donors (Lipinski definition) is 2. The Kier molecular flexibility index (Phi) is 10.1. The molecule has 182 valence electrons. The summed E-state index contributed by atoms with van der Waals surface area (Å²) in [6, 6.07) is 5.94. The Morgan fingerprint density at radius 3 is 2.73 bits per heavy atom. The van der Waals surface area contributed by atoms with Crippen LogP contribution in [0.5, 0.6) is 11.5 Å². The zero-order valence-electron chi connectivity index (χ0n) is 19.8. The number of guanidine groups is 1. The number of aryl methyl sites for hydroxylation is 1. The summed E-state index contributed by atoms with van der Waals surface area (Å²) in [5.41, 5.74) is 2.01. The van der Waals surface area contributed by atoms with Crippen LogP contribution in [0.15, 0.2) is 35.6 Å². The molecular formula is C24H37IN6O2. The largest absolute Gasteiger partial charge is 0.490 e. The maximum absolute atomic E-state index is 5.83. The topological polar surface area (TPSA) is 75.9 Å². The molecule has 0 bridgehead atoms. The molecule has 0 saturated carbocycles. The summed E-state index contributed by atoms with van der Waals surface area (Å²) in [6.45, 7) is 8.72. The molecule has 4 rings (SSSR count). The molecule has 0 radical (unpaired) electrons. The van der Waals surface area contributed by atoms with E-state index in [2.05, 4.69) is 27.6 Å². The van der Waals surface area contributed by atoms with Gasteiger partial charge in [-0.1, -0.05) is 6.92 Å². The van der Waals surface area contributed by atoms with Crippen LogP contribution in [0.1, 0.15) is 38.2 Å². The molecule has 0 spiro atoms. The van der Waals surface area contributed by atoms with Gasteiger partial charge in [-0.2, -0.15) is 5.10 Å². The molecule has 0 unspecified atom stereocenters.